The van der Waals surface area contributed by atoms with Crippen LogP contribution < -0.4 is 0 Å². The van der Waals surface area contributed by atoms with Gasteiger partial charge in [0.1, 0.15) is 5.69 Å². The molecule has 0 aromatic carbocycles. The van der Waals surface area contributed by atoms with Gasteiger partial charge in [-0.05, 0) is 43.7 Å². The number of carbonyl (C=O) groups is 2. The molecule has 1 N–H and O–H groups in total. The van der Waals surface area contributed by atoms with Gasteiger partial charge < -0.3 is 10.0 Å². The maximum absolute atomic E-state index is 12.7. The SMILES string of the molecule is O=C(O)/C=C/c1cccnc1C(=O)N(CC1CC1)C1CC1. The zero-order chi connectivity index (χ0) is 14.8. The Bertz CT molecular complexity index is 589. The molecule has 0 bridgehead atoms. The summed E-state index contributed by atoms with van der Waals surface area (Å²) < 4.78 is 0. The number of carboxylic acids is 1. The highest BCUT2D eigenvalue weighted by atomic mass is 16.4. The number of hydrogen-bond donors (Lipinski definition) is 1. The molecule has 1 aromatic heterocycles. The number of carboxylic acid groups (broad SMARTS) is 1. The number of hydrogen-bond acceptors (Lipinski definition) is 3. The molecule has 1 aromatic rings. The first kappa shape index (κ1) is 13.8. The van der Waals surface area contributed by atoms with Crippen LogP contribution in [0.5, 0.6) is 0 Å². The number of carbonyl (C=O) groups excluding carboxylic acids is 1. The van der Waals surface area contributed by atoms with Crippen molar-refractivity contribution in [3.8, 4) is 0 Å². The van der Waals surface area contributed by atoms with Crippen molar-refractivity contribution in [2.45, 2.75) is 31.7 Å². The topological polar surface area (TPSA) is 70.5 Å². The lowest BCUT2D eigenvalue weighted by Crippen LogP contribution is -2.35. The highest BCUT2D eigenvalue weighted by Crippen LogP contribution is 2.35. The van der Waals surface area contributed by atoms with Gasteiger partial charge in [0.2, 0.25) is 0 Å². The van der Waals surface area contributed by atoms with Gasteiger partial charge in [0.25, 0.3) is 5.91 Å². The van der Waals surface area contributed by atoms with E-state index in [4.69, 9.17) is 5.11 Å². The summed E-state index contributed by atoms with van der Waals surface area (Å²) in [7, 11) is 0. The Balaban J connectivity index is 1.83. The third kappa shape index (κ3) is 3.48. The molecular weight excluding hydrogens is 268 g/mol. The highest BCUT2D eigenvalue weighted by molar-refractivity contribution is 5.97. The molecule has 2 aliphatic carbocycles. The van der Waals surface area contributed by atoms with E-state index < -0.39 is 5.97 Å². The van der Waals surface area contributed by atoms with E-state index in [0.29, 0.717) is 23.2 Å². The van der Waals surface area contributed by atoms with Crippen LogP contribution in [0, 0.1) is 5.92 Å². The molecular formula is C16H18N2O3. The fourth-order valence-electron chi connectivity index (χ4n) is 2.39. The van der Waals surface area contributed by atoms with E-state index in [1.54, 1.807) is 18.3 Å². The third-order valence-corrected chi connectivity index (χ3v) is 3.85. The van der Waals surface area contributed by atoms with Gasteiger partial charge in [-0.3, -0.25) is 9.78 Å². The molecule has 1 heterocycles. The van der Waals surface area contributed by atoms with E-state index in [-0.39, 0.29) is 5.91 Å². The summed E-state index contributed by atoms with van der Waals surface area (Å²) in [6, 6.07) is 3.78. The predicted molar refractivity (Wildman–Crippen MR) is 77.7 cm³/mol. The number of pyridine rings is 1. The second kappa shape index (κ2) is 5.68. The fourth-order valence-corrected chi connectivity index (χ4v) is 2.39. The zero-order valence-electron chi connectivity index (χ0n) is 11.7. The number of amides is 1. The second-order valence-electron chi connectivity index (χ2n) is 5.74. The Morgan fingerprint density at radius 2 is 2.10 bits per heavy atom. The van der Waals surface area contributed by atoms with Crippen LogP contribution in [0.3, 0.4) is 0 Å². The number of rotatable bonds is 6. The van der Waals surface area contributed by atoms with E-state index in [1.807, 2.05) is 4.90 Å². The van der Waals surface area contributed by atoms with Crippen molar-refractivity contribution >= 4 is 18.0 Å². The molecule has 2 fully saturated rings. The van der Waals surface area contributed by atoms with E-state index >= 15 is 0 Å². The Kier molecular flexibility index (Phi) is 3.73. The molecule has 0 atom stereocenters. The van der Waals surface area contributed by atoms with Gasteiger partial charge in [0.05, 0.1) is 0 Å². The Hall–Kier alpha value is -2.17. The zero-order valence-corrected chi connectivity index (χ0v) is 11.7. The summed E-state index contributed by atoms with van der Waals surface area (Å²) in [5.41, 5.74) is 0.911. The van der Waals surface area contributed by atoms with Gasteiger partial charge in [-0.25, -0.2) is 4.79 Å². The molecule has 0 radical (unpaired) electrons. The van der Waals surface area contributed by atoms with Crippen molar-refractivity contribution < 1.29 is 14.7 Å². The fraction of sp³-hybridized carbons (Fsp3) is 0.438. The van der Waals surface area contributed by atoms with Crippen LogP contribution in [0.15, 0.2) is 24.4 Å². The van der Waals surface area contributed by atoms with Crippen LogP contribution in [0.25, 0.3) is 6.08 Å². The number of aromatic nitrogens is 1. The van der Waals surface area contributed by atoms with Gasteiger partial charge in [-0.15, -0.1) is 0 Å². The quantitative estimate of drug-likeness (QED) is 0.814. The van der Waals surface area contributed by atoms with Gasteiger partial charge in [-0.1, -0.05) is 6.07 Å². The third-order valence-electron chi connectivity index (χ3n) is 3.85. The first-order chi connectivity index (χ1) is 10.1. The molecule has 2 saturated carbocycles. The normalized spacial score (nSPS) is 17.9. The van der Waals surface area contributed by atoms with Crippen molar-refractivity contribution in [2.24, 2.45) is 5.92 Å². The monoisotopic (exact) mass is 286 g/mol. The summed E-state index contributed by atoms with van der Waals surface area (Å²) in [6.45, 7) is 0.808. The molecule has 0 unspecified atom stereocenters. The van der Waals surface area contributed by atoms with Gasteiger partial charge in [0, 0.05) is 30.4 Å². The van der Waals surface area contributed by atoms with Crippen molar-refractivity contribution in [3.05, 3.63) is 35.7 Å². The molecule has 0 spiro atoms. The Labute approximate surface area is 123 Å². The molecule has 3 rings (SSSR count). The smallest absolute Gasteiger partial charge is 0.328 e. The van der Waals surface area contributed by atoms with Crippen LogP contribution in [0.4, 0.5) is 0 Å². The molecule has 110 valence electrons. The van der Waals surface area contributed by atoms with Crippen LogP contribution in [-0.4, -0.2) is 39.5 Å². The van der Waals surface area contributed by atoms with E-state index in [9.17, 15) is 9.59 Å². The first-order valence-electron chi connectivity index (χ1n) is 7.32. The Morgan fingerprint density at radius 3 is 2.71 bits per heavy atom. The van der Waals surface area contributed by atoms with Crippen molar-refractivity contribution in [2.75, 3.05) is 6.54 Å². The highest BCUT2D eigenvalue weighted by Gasteiger charge is 2.37. The number of aliphatic carboxylic acids is 1. The molecule has 0 aliphatic heterocycles. The van der Waals surface area contributed by atoms with Crippen molar-refractivity contribution in [1.29, 1.82) is 0 Å². The lowest BCUT2D eigenvalue weighted by Gasteiger charge is -2.22. The van der Waals surface area contributed by atoms with Crippen LogP contribution in [-0.2, 0) is 4.79 Å². The summed E-state index contributed by atoms with van der Waals surface area (Å²) in [5.74, 6) is -0.472. The molecule has 0 saturated heterocycles. The lowest BCUT2D eigenvalue weighted by atomic mass is 10.1. The summed E-state index contributed by atoms with van der Waals surface area (Å²) in [4.78, 5) is 29.5. The van der Waals surface area contributed by atoms with E-state index in [1.165, 1.54) is 18.9 Å². The van der Waals surface area contributed by atoms with Gasteiger partial charge in [0.15, 0.2) is 0 Å². The average Bonchev–Trinajstić information content (AvgIpc) is 3.35. The van der Waals surface area contributed by atoms with Gasteiger partial charge in [-0.2, -0.15) is 0 Å². The second-order valence-corrected chi connectivity index (χ2v) is 5.74. The molecule has 5 heteroatoms. The van der Waals surface area contributed by atoms with Crippen LogP contribution in [0.1, 0.15) is 41.7 Å². The minimum Gasteiger partial charge on any atom is -0.478 e. The minimum atomic E-state index is -1.03. The van der Waals surface area contributed by atoms with Crippen molar-refractivity contribution in [3.63, 3.8) is 0 Å². The molecule has 21 heavy (non-hydrogen) atoms. The molecule has 1 amide bonds. The van der Waals surface area contributed by atoms with E-state index in [2.05, 4.69) is 4.98 Å². The summed E-state index contributed by atoms with van der Waals surface area (Å²) in [6.07, 6.45) is 8.57. The van der Waals surface area contributed by atoms with Crippen LogP contribution >= 0.6 is 0 Å². The standard InChI is InChI=1S/C16H18N2O3/c19-14(20)8-5-12-2-1-9-17-15(12)16(21)18(13-6-7-13)10-11-3-4-11/h1-2,5,8-9,11,13H,3-4,6-7,10H2,(H,19,20)/b8-5+. The molecule has 2 aliphatic rings. The lowest BCUT2D eigenvalue weighted by molar-refractivity contribution is -0.131. The average molecular weight is 286 g/mol. The number of nitrogens with zero attached hydrogens (tertiary/aromatic N) is 2. The van der Waals surface area contributed by atoms with E-state index in [0.717, 1.165) is 25.5 Å². The maximum atomic E-state index is 12.7. The van der Waals surface area contributed by atoms with Crippen LogP contribution in [0.2, 0.25) is 0 Å². The molecule has 5 nitrogen and oxygen atoms in total. The Morgan fingerprint density at radius 1 is 1.33 bits per heavy atom. The van der Waals surface area contributed by atoms with Crippen molar-refractivity contribution in [1.82, 2.24) is 9.88 Å². The summed E-state index contributed by atoms with van der Waals surface area (Å²) >= 11 is 0. The maximum Gasteiger partial charge on any atom is 0.328 e. The summed E-state index contributed by atoms with van der Waals surface area (Å²) in [5, 5.41) is 8.74. The van der Waals surface area contributed by atoms with Gasteiger partial charge >= 0.3 is 5.97 Å². The predicted octanol–water partition coefficient (Wildman–Crippen LogP) is 2.19. The largest absolute Gasteiger partial charge is 0.478 e. The first-order valence-corrected chi connectivity index (χ1v) is 7.32. The minimum absolute atomic E-state index is 0.0740.